The molecule has 0 aliphatic heterocycles. The Morgan fingerprint density at radius 3 is 2.86 bits per heavy atom. The molecule has 1 N–H and O–H groups in total. The molecule has 0 saturated carbocycles. The van der Waals surface area contributed by atoms with Crippen molar-refractivity contribution < 1.29 is 13.9 Å². The molecule has 0 bridgehead atoms. The minimum atomic E-state index is -0.513. The molecule has 0 radical (unpaired) electrons. The van der Waals surface area contributed by atoms with Gasteiger partial charge >= 0.3 is 0 Å². The number of nitrogens with zero attached hydrogens (tertiary/aromatic N) is 1. The highest BCUT2D eigenvalue weighted by atomic mass is 16.5. The Morgan fingerprint density at radius 2 is 2.19 bits per heavy atom. The van der Waals surface area contributed by atoms with Gasteiger partial charge in [-0.1, -0.05) is 12.1 Å². The van der Waals surface area contributed by atoms with Crippen molar-refractivity contribution in [2.75, 3.05) is 11.9 Å². The van der Waals surface area contributed by atoms with E-state index in [0.717, 1.165) is 0 Å². The van der Waals surface area contributed by atoms with Crippen LogP contribution in [0.5, 0.6) is 5.75 Å². The molecule has 5 heteroatoms. The summed E-state index contributed by atoms with van der Waals surface area (Å²) in [5.74, 6) is 0.490. The largest absolute Gasteiger partial charge is 0.492 e. The number of ether oxygens (including phenoxy) is 1. The summed E-state index contributed by atoms with van der Waals surface area (Å²) in [7, 11) is 0. The highest BCUT2D eigenvalue weighted by Crippen LogP contribution is 2.24. The molecule has 0 atom stereocenters. The zero-order valence-electron chi connectivity index (χ0n) is 11.5. The molecule has 1 heterocycles. The Balaban J connectivity index is 2.19. The van der Waals surface area contributed by atoms with E-state index in [0.29, 0.717) is 23.8 Å². The van der Waals surface area contributed by atoms with E-state index in [4.69, 9.17) is 14.4 Å². The van der Waals surface area contributed by atoms with Crippen LogP contribution in [0, 0.1) is 11.3 Å². The van der Waals surface area contributed by atoms with Crippen LogP contribution >= 0.6 is 0 Å². The quantitative estimate of drug-likeness (QED) is 0.674. The highest BCUT2D eigenvalue weighted by molar-refractivity contribution is 6.10. The van der Waals surface area contributed by atoms with Gasteiger partial charge in [0, 0.05) is 6.08 Å². The average molecular weight is 282 g/mol. The molecule has 0 saturated heterocycles. The number of benzene rings is 1. The van der Waals surface area contributed by atoms with E-state index < -0.39 is 5.91 Å². The molecule has 5 nitrogen and oxygen atoms in total. The van der Waals surface area contributed by atoms with Gasteiger partial charge in [0.05, 0.1) is 18.6 Å². The second kappa shape index (κ2) is 6.96. The molecule has 1 aromatic heterocycles. The van der Waals surface area contributed by atoms with Crippen molar-refractivity contribution in [3.05, 3.63) is 54.0 Å². The maximum atomic E-state index is 12.1. The van der Waals surface area contributed by atoms with Crippen LogP contribution in [0.1, 0.15) is 12.7 Å². The highest BCUT2D eigenvalue weighted by Gasteiger charge is 2.12. The van der Waals surface area contributed by atoms with E-state index in [1.807, 2.05) is 19.1 Å². The van der Waals surface area contributed by atoms with Gasteiger partial charge in [0.2, 0.25) is 0 Å². The van der Waals surface area contributed by atoms with Crippen LogP contribution in [-0.4, -0.2) is 12.5 Å². The third-order valence-corrected chi connectivity index (χ3v) is 2.63. The molecule has 106 valence electrons. The lowest BCUT2D eigenvalue weighted by Crippen LogP contribution is -2.14. The second-order valence-electron chi connectivity index (χ2n) is 4.07. The van der Waals surface area contributed by atoms with Crippen LogP contribution in [0.4, 0.5) is 5.69 Å². The Hall–Kier alpha value is -3.00. The van der Waals surface area contributed by atoms with Crippen LogP contribution in [-0.2, 0) is 4.79 Å². The van der Waals surface area contributed by atoms with E-state index in [2.05, 4.69) is 5.32 Å². The summed E-state index contributed by atoms with van der Waals surface area (Å²) in [6.45, 7) is 2.34. The summed E-state index contributed by atoms with van der Waals surface area (Å²) in [4.78, 5) is 12.1. The lowest BCUT2D eigenvalue weighted by molar-refractivity contribution is -0.112. The Kier molecular flexibility index (Phi) is 4.78. The summed E-state index contributed by atoms with van der Waals surface area (Å²) in [6, 6.07) is 12.3. The zero-order valence-corrected chi connectivity index (χ0v) is 11.5. The Labute approximate surface area is 122 Å². The number of furan rings is 1. The maximum absolute atomic E-state index is 12.1. The molecule has 1 aromatic carbocycles. The standard InChI is InChI=1S/C16H14N2O3/c1-2-20-15-8-4-3-7-14(15)18-16(19)12(11-17)10-13-6-5-9-21-13/h3-10H,2H2,1H3,(H,18,19)/b12-10+. The number of rotatable bonds is 5. The van der Waals surface area contributed by atoms with Gasteiger partial charge in [-0.3, -0.25) is 4.79 Å². The molecule has 0 spiro atoms. The number of para-hydroxylation sites is 2. The average Bonchev–Trinajstić information content (AvgIpc) is 3.00. The minimum absolute atomic E-state index is 0.0451. The summed E-state index contributed by atoms with van der Waals surface area (Å²) < 4.78 is 10.5. The van der Waals surface area contributed by atoms with Crippen molar-refractivity contribution in [3.63, 3.8) is 0 Å². The topological polar surface area (TPSA) is 75.3 Å². The van der Waals surface area contributed by atoms with Gasteiger partial charge in [0.1, 0.15) is 23.2 Å². The molecule has 0 aliphatic carbocycles. The summed E-state index contributed by atoms with van der Waals surface area (Å²) in [5, 5.41) is 11.8. The number of nitrogens with one attached hydrogen (secondary N) is 1. The number of hydrogen-bond donors (Lipinski definition) is 1. The van der Waals surface area contributed by atoms with Gasteiger partial charge in [-0.15, -0.1) is 0 Å². The predicted octanol–water partition coefficient (Wildman–Crippen LogP) is 3.22. The first kappa shape index (κ1) is 14.4. The normalized spacial score (nSPS) is 10.8. The van der Waals surface area contributed by atoms with E-state index >= 15 is 0 Å². The predicted molar refractivity (Wildman–Crippen MR) is 78.5 cm³/mol. The number of amides is 1. The fourth-order valence-corrected chi connectivity index (χ4v) is 1.71. The number of hydrogen-bond acceptors (Lipinski definition) is 4. The van der Waals surface area contributed by atoms with Crippen LogP contribution in [0.3, 0.4) is 0 Å². The van der Waals surface area contributed by atoms with E-state index in [1.54, 1.807) is 30.3 Å². The van der Waals surface area contributed by atoms with Crippen LogP contribution < -0.4 is 10.1 Å². The first-order valence-corrected chi connectivity index (χ1v) is 6.43. The van der Waals surface area contributed by atoms with E-state index in [1.165, 1.54) is 12.3 Å². The summed E-state index contributed by atoms with van der Waals surface area (Å²) in [6.07, 6.45) is 2.86. The van der Waals surface area contributed by atoms with Crippen molar-refractivity contribution in [1.29, 1.82) is 5.26 Å². The molecular formula is C16H14N2O3. The Bertz CT molecular complexity index is 682. The lowest BCUT2D eigenvalue weighted by Gasteiger charge is -2.10. The number of carbonyl (C=O) groups excluding carboxylic acids is 1. The number of anilines is 1. The maximum Gasteiger partial charge on any atom is 0.266 e. The van der Waals surface area contributed by atoms with Gasteiger partial charge in [-0.25, -0.2) is 0 Å². The minimum Gasteiger partial charge on any atom is -0.492 e. The van der Waals surface area contributed by atoms with Crippen LogP contribution in [0.2, 0.25) is 0 Å². The van der Waals surface area contributed by atoms with Crippen molar-refractivity contribution in [3.8, 4) is 11.8 Å². The summed E-state index contributed by atoms with van der Waals surface area (Å²) in [5.41, 5.74) is 0.473. The smallest absolute Gasteiger partial charge is 0.266 e. The molecule has 0 unspecified atom stereocenters. The van der Waals surface area contributed by atoms with Crippen molar-refractivity contribution in [1.82, 2.24) is 0 Å². The first-order valence-electron chi connectivity index (χ1n) is 6.43. The number of carbonyl (C=O) groups is 1. The van der Waals surface area contributed by atoms with Gasteiger partial charge in [0.15, 0.2) is 0 Å². The van der Waals surface area contributed by atoms with Crippen LogP contribution in [0.15, 0.2) is 52.7 Å². The molecule has 1 amide bonds. The third kappa shape index (κ3) is 3.74. The van der Waals surface area contributed by atoms with Gasteiger partial charge in [0.25, 0.3) is 5.91 Å². The first-order chi connectivity index (χ1) is 10.2. The zero-order chi connectivity index (χ0) is 15.1. The molecular weight excluding hydrogens is 268 g/mol. The van der Waals surface area contributed by atoms with E-state index in [9.17, 15) is 4.79 Å². The number of nitriles is 1. The van der Waals surface area contributed by atoms with Crippen molar-refractivity contribution >= 4 is 17.7 Å². The molecule has 2 rings (SSSR count). The van der Waals surface area contributed by atoms with Gasteiger partial charge in [-0.05, 0) is 31.2 Å². The fraction of sp³-hybridized carbons (Fsp3) is 0.125. The van der Waals surface area contributed by atoms with E-state index in [-0.39, 0.29) is 5.57 Å². The SMILES string of the molecule is CCOc1ccccc1NC(=O)/C(C#N)=C/c1ccco1. The molecule has 21 heavy (non-hydrogen) atoms. The molecule has 0 aliphatic rings. The molecule has 0 fully saturated rings. The summed E-state index contributed by atoms with van der Waals surface area (Å²) >= 11 is 0. The van der Waals surface area contributed by atoms with Gasteiger partial charge in [-0.2, -0.15) is 5.26 Å². The van der Waals surface area contributed by atoms with Crippen LogP contribution in [0.25, 0.3) is 6.08 Å². The monoisotopic (exact) mass is 282 g/mol. The van der Waals surface area contributed by atoms with Crippen molar-refractivity contribution in [2.45, 2.75) is 6.92 Å². The second-order valence-corrected chi connectivity index (χ2v) is 4.07. The fourth-order valence-electron chi connectivity index (χ4n) is 1.71. The third-order valence-electron chi connectivity index (χ3n) is 2.63. The Morgan fingerprint density at radius 1 is 1.38 bits per heavy atom. The van der Waals surface area contributed by atoms with Crippen molar-refractivity contribution in [2.24, 2.45) is 0 Å². The lowest BCUT2D eigenvalue weighted by atomic mass is 10.2. The molecule has 2 aromatic rings. The van der Waals surface area contributed by atoms with Gasteiger partial charge < -0.3 is 14.5 Å².